The summed E-state index contributed by atoms with van der Waals surface area (Å²) in [7, 11) is 0. The van der Waals surface area contributed by atoms with Gasteiger partial charge in [0.05, 0.1) is 52.3 Å². The quantitative estimate of drug-likeness (QED) is 0.765. The normalized spacial score (nSPS) is 48.8. The minimum atomic E-state index is -0.784. The fourth-order valence-electron chi connectivity index (χ4n) is 6.20. The van der Waals surface area contributed by atoms with Crippen LogP contribution in [0.1, 0.15) is 73.1 Å². The molecular formula is C23H33N3O2. The average Bonchev–Trinajstić information content (AvgIpc) is 3.09. The van der Waals surface area contributed by atoms with Gasteiger partial charge in [-0.2, -0.15) is 15.8 Å². The van der Waals surface area contributed by atoms with Gasteiger partial charge in [-0.25, -0.2) is 0 Å². The Kier molecular flexibility index (Phi) is 5.07. The largest absolute Gasteiger partial charge is 0.391 e. The summed E-state index contributed by atoms with van der Waals surface area (Å²) >= 11 is 0. The minimum Gasteiger partial charge on any atom is -0.391 e. The highest BCUT2D eigenvalue weighted by atomic mass is 16.5. The third-order valence-corrected chi connectivity index (χ3v) is 8.42. The Morgan fingerprint density at radius 1 is 0.893 bits per heavy atom. The number of ether oxygens (including phenoxy) is 1. The van der Waals surface area contributed by atoms with Gasteiger partial charge in [-0.15, -0.1) is 0 Å². The maximum absolute atomic E-state index is 11.3. The highest BCUT2D eigenvalue weighted by Gasteiger charge is 2.61. The number of aliphatic hydroxyl groups is 1. The van der Waals surface area contributed by atoms with E-state index in [4.69, 9.17) is 4.74 Å². The standard InChI is InChI=1S/C23H33N3O2/c1-20(2,12-24)17-8-11-23(5,28-17)16-7-9-21(3,13-25)15-6-10-22(4,14-26)19(27)18(15)16/h15-19,27H,6-11H2,1-5H3/t15-,16-,17-,18-,19-,21+,22+,23+/m0/s1. The molecule has 3 aliphatic rings. The molecule has 1 heterocycles. The van der Waals surface area contributed by atoms with Gasteiger partial charge in [0.2, 0.25) is 0 Å². The number of nitriles is 3. The van der Waals surface area contributed by atoms with E-state index >= 15 is 0 Å². The molecule has 1 N–H and O–H groups in total. The Labute approximate surface area is 169 Å². The molecule has 5 nitrogen and oxygen atoms in total. The number of rotatable bonds is 2. The number of nitrogens with zero attached hydrogens (tertiary/aromatic N) is 3. The molecule has 1 saturated heterocycles. The van der Waals surface area contributed by atoms with E-state index in [1.165, 1.54) is 0 Å². The fraction of sp³-hybridized carbons (Fsp3) is 0.870. The van der Waals surface area contributed by atoms with Gasteiger partial charge in [-0.3, -0.25) is 0 Å². The Morgan fingerprint density at radius 3 is 2.04 bits per heavy atom. The van der Waals surface area contributed by atoms with Gasteiger partial charge in [0, 0.05) is 0 Å². The lowest BCUT2D eigenvalue weighted by Gasteiger charge is -2.57. The van der Waals surface area contributed by atoms with E-state index in [1.807, 2.05) is 27.7 Å². The smallest absolute Gasteiger partial charge is 0.0807 e. The van der Waals surface area contributed by atoms with Gasteiger partial charge in [0.1, 0.15) is 0 Å². The van der Waals surface area contributed by atoms with Crippen LogP contribution in [0.3, 0.4) is 0 Å². The third-order valence-electron chi connectivity index (χ3n) is 8.42. The predicted molar refractivity (Wildman–Crippen MR) is 104 cm³/mol. The Balaban J connectivity index is 1.97. The highest BCUT2D eigenvalue weighted by molar-refractivity contribution is 5.17. The average molecular weight is 384 g/mol. The molecule has 3 rings (SSSR count). The van der Waals surface area contributed by atoms with Crippen molar-refractivity contribution in [3.8, 4) is 18.2 Å². The molecule has 3 fully saturated rings. The van der Waals surface area contributed by atoms with Crippen LogP contribution in [0.2, 0.25) is 0 Å². The summed E-state index contributed by atoms with van der Waals surface area (Å²) in [5.41, 5.74) is -2.25. The Hall–Kier alpha value is -1.61. The molecule has 0 amide bonds. The van der Waals surface area contributed by atoms with Crippen LogP contribution in [-0.4, -0.2) is 22.9 Å². The van der Waals surface area contributed by atoms with Crippen molar-refractivity contribution in [1.29, 1.82) is 15.8 Å². The van der Waals surface area contributed by atoms with Crippen molar-refractivity contribution in [2.24, 2.45) is 34.0 Å². The maximum atomic E-state index is 11.3. The minimum absolute atomic E-state index is 0.0659. The summed E-state index contributed by atoms with van der Waals surface area (Å²) in [6, 6.07) is 7.26. The Bertz CT molecular complexity index is 759. The van der Waals surface area contributed by atoms with Crippen LogP contribution in [0.25, 0.3) is 0 Å². The lowest BCUT2D eigenvalue weighted by atomic mass is 9.48. The first-order valence-corrected chi connectivity index (χ1v) is 10.6. The van der Waals surface area contributed by atoms with Crippen molar-refractivity contribution in [3.63, 3.8) is 0 Å². The van der Waals surface area contributed by atoms with Crippen molar-refractivity contribution in [2.45, 2.75) is 91.0 Å². The molecule has 152 valence electrons. The van der Waals surface area contributed by atoms with Gasteiger partial charge < -0.3 is 9.84 Å². The first kappa shape index (κ1) is 21.1. The predicted octanol–water partition coefficient (Wildman–Crippen LogP) is 4.33. The van der Waals surface area contributed by atoms with Gasteiger partial charge in [0.25, 0.3) is 0 Å². The molecule has 8 atom stereocenters. The zero-order valence-corrected chi connectivity index (χ0v) is 17.8. The van der Waals surface area contributed by atoms with Crippen molar-refractivity contribution in [2.75, 3.05) is 0 Å². The summed E-state index contributed by atoms with van der Waals surface area (Å²) in [6.45, 7) is 9.82. The second-order valence-electron chi connectivity index (χ2n) is 10.7. The van der Waals surface area contributed by atoms with Crippen molar-refractivity contribution < 1.29 is 9.84 Å². The van der Waals surface area contributed by atoms with Crippen LogP contribution in [0, 0.1) is 68.0 Å². The van der Waals surface area contributed by atoms with E-state index in [9.17, 15) is 20.9 Å². The molecule has 0 unspecified atom stereocenters. The van der Waals surface area contributed by atoms with Gasteiger partial charge in [-0.05, 0) is 90.9 Å². The lowest BCUT2D eigenvalue weighted by Crippen LogP contribution is -2.59. The van der Waals surface area contributed by atoms with E-state index in [2.05, 4.69) is 25.1 Å². The number of fused-ring (bicyclic) bond motifs is 1. The first-order chi connectivity index (χ1) is 13.0. The highest BCUT2D eigenvalue weighted by Crippen LogP contribution is 2.60. The number of hydrogen-bond donors (Lipinski definition) is 1. The van der Waals surface area contributed by atoms with Gasteiger partial charge in [0.15, 0.2) is 0 Å². The molecule has 0 spiro atoms. The molecule has 28 heavy (non-hydrogen) atoms. The SMILES string of the molecule is CC(C)(C#N)[C@@H]1CC[C@](C)([C@H]2CC[C@](C)(C#N)[C@H]3CC[C@](C)(C#N)[C@@H](O)[C@@H]32)O1. The fourth-order valence-corrected chi connectivity index (χ4v) is 6.20. The third kappa shape index (κ3) is 3.03. The lowest BCUT2D eigenvalue weighted by molar-refractivity contribution is -0.179. The van der Waals surface area contributed by atoms with Gasteiger partial charge in [-0.1, -0.05) is 0 Å². The molecule has 5 heteroatoms. The van der Waals surface area contributed by atoms with Crippen LogP contribution < -0.4 is 0 Å². The molecule has 0 aromatic carbocycles. The summed E-state index contributed by atoms with van der Waals surface area (Å²) in [5.74, 6) is 0.0169. The molecule has 0 radical (unpaired) electrons. The summed E-state index contributed by atoms with van der Waals surface area (Å²) in [5, 5.41) is 40.5. The van der Waals surface area contributed by atoms with Crippen LogP contribution in [0.4, 0.5) is 0 Å². The van der Waals surface area contributed by atoms with Crippen LogP contribution in [-0.2, 0) is 4.74 Å². The summed E-state index contributed by atoms with van der Waals surface area (Å²) < 4.78 is 6.55. The second kappa shape index (κ2) is 6.73. The molecule has 0 aromatic rings. The van der Waals surface area contributed by atoms with E-state index in [0.29, 0.717) is 6.42 Å². The molecule has 0 aromatic heterocycles. The molecule has 0 bridgehead atoms. The van der Waals surface area contributed by atoms with E-state index in [-0.39, 0.29) is 23.9 Å². The maximum Gasteiger partial charge on any atom is 0.0807 e. The number of aliphatic hydroxyl groups excluding tert-OH is 1. The van der Waals surface area contributed by atoms with Crippen molar-refractivity contribution in [3.05, 3.63) is 0 Å². The molecule has 1 aliphatic heterocycles. The molecular weight excluding hydrogens is 350 g/mol. The van der Waals surface area contributed by atoms with Crippen molar-refractivity contribution in [1.82, 2.24) is 0 Å². The van der Waals surface area contributed by atoms with E-state index in [1.54, 1.807) is 0 Å². The second-order valence-corrected chi connectivity index (χ2v) is 10.7. The monoisotopic (exact) mass is 383 g/mol. The zero-order chi connectivity index (χ0) is 21.0. The molecule has 2 saturated carbocycles. The van der Waals surface area contributed by atoms with E-state index in [0.717, 1.165) is 32.1 Å². The summed E-state index contributed by atoms with van der Waals surface area (Å²) in [6.07, 6.45) is 3.77. The molecule has 2 aliphatic carbocycles. The number of hydrogen-bond acceptors (Lipinski definition) is 5. The zero-order valence-electron chi connectivity index (χ0n) is 17.8. The first-order valence-electron chi connectivity index (χ1n) is 10.6. The van der Waals surface area contributed by atoms with Crippen molar-refractivity contribution >= 4 is 0 Å². The summed E-state index contributed by atoms with van der Waals surface area (Å²) in [4.78, 5) is 0. The topological polar surface area (TPSA) is 101 Å². The van der Waals surface area contributed by atoms with Gasteiger partial charge >= 0.3 is 0 Å². The van der Waals surface area contributed by atoms with Crippen LogP contribution in [0.5, 0.6) is 0 Å². The van der Waals surface area contributed by atoms with Crippen LogP contribution >= 0.6 is 0 Å². The van der Waals surface area contributed by atoms with Crippen LogP contribution in [0.15, 0.2) is 0 Å². The van der Waals surface area contributed by atoms with E-state index < -0.39 is 27.9 Å². The Morgan fingerprint density at radius 2 is 1.46 bits per heavy atom.